The Hall–Kier alpha value is -1.23. The number of hydrogen-bond acceptors (Lipinski definition) is 4. The van der Waals surface area contributed by atoms with Crippen LogP contribution in [-0.4, -0.2) is 26.4 Å². The fourth-order valence-electron chi connectivity index (χ4n) is 0.509. The summed E-state index contributed by atoms with van der Waals surface area (Å²) in [6.45, 7) is 0. The molecule has 4 nitrogen and oxygen atoms in total. The Bertz CT molecular complexity index is 226. The van der Waals surface area contributed by atoms with E-state index in [4.69, 9.17) is 0 Å². The van der Waals surface area contributed by atoms with Gasteiger partial charge in [0.25, 0.3) is 0 Å². The van der Waals surface area contributed by atoms with Gasteiger partial charge in [-0.3, -0.25) is 4.98 Å². The van der Waals surface area contributed by atoms with Crippen molar-refractivity contribution in [2.45, 2.75) is 0 Å². The smallest absolute Gasteiger partial charge is 0.344 e. The molecule has 1 rings (SSSR count). The van der Waals surface area contributed by atoms with Crippen molar-refractivity contribution in [3.63, 3.8) is 0 Å². The molecule has 0 aliphatic carbocycles. The zero-order chi connectivity index (χ0) is 7.40. The molecule has 0 N–H and O–H groups in total. The second-order valence-electron chi connectivity index (χ2n) is 1.58. The standard InChI is InChI=1S/C5H6N2O2Si/c8-5(9-10)4-3-6-1-2-7-4/h1-3H,10H3. The van der Waals surface area contributed by atoms with Crippen molar-refractivity contribution in [1.29, 1.82) is 0 Å². The van der Waals surface area contributed by atoms with Crippen molar-refractivity contribution in [3.8, 4) is 0 Å². The number of carbonyl (C=O) groups excluding carboxylic acids is 1. The number of carbonyl (C=O) groups is 1. The maximum Gasteiger partial charge on any atom is 0.344 e. The molecular weight excluding hydrogens is 148 g/mol. The van der Waals surface area contributed by atoms with Crippen molar-refractivity contribution in [2.24, 2.45) is 0 Å². The minimum atomic E-state index is -0.403. The average Bonchev–Trinajstić information content (AvgIpc) is 2.05. The molecule has 0 saturated heterocycles. The molecule has 0 spiro atoms. The predicted molar refractivity (Wildman–Crippen MR) is 37.4 cm³/mol. The molecule has 10 heavy (non-hydrogen) atoms. The highest BCUT2D eigenvalue weighted by atomic mass is 28.2. The van der Waals surface area contributed by atoms with Crippen molar-refractivity contribution < 1.29 is 9.22 Å². The molecule has 0 aliphatic rings. The first-order chi connectivity index (χ1) is 4.84. The van der Waals surface area contributed by atoms with E-state index in [-0.39, 0.29) is 5.69 Å². The Morgan fingerprint density at radius 3 is 2.90 bits per heavy atom. The summed E-state index contributed by atoms with van der Waals surface area (Å²) in [5, 5.41) is 0. The van der Waals surface area contributed by atoms with E-state index in [1.807, 2.05) is 0 Å². The van der Waals surface area contributed by atoms with Gasteiger partial charge in [0, 0.05) is 12.4 Å². The van der Waals surface area contributed by atoms with Gasteiger partial charge < -0.3 is 4.43 Å². The van der Waals surface area contributed by atoms with Crippen molar-refractivity contribution in [2.75, 3.05) is 0 Å². The second-order valence-corrected chi connectivity index (χ2v) is 1.99. The number of hydrogen-bond donors (Lipinski definition) is 0. The Balaban J connectivity index is 2.85. The monoisotopic (exact) mass is 154 g/mol. The first kappa shape index (κ1) is 6.88. The van der Waals surface area contributed by atoms with Crippen LogP contribution in [-0.2, 0) is 4.43 Å². The highest BCUT2D eigenvalue weighted by molar-refractivity contribution is 6.08. The van der Waals surface area contributed by atoms with E-state index in [2.05, 4.69) is 14.4 Å². The molecule has 0 aliphatic heterocycles. The Morgan fingerprint density at radius 2 is 2.40 bits per heavy atom. The van der Waals surface area contributed by atoms with Crippen molar-refractivity contribution in [3.05, 3.63) is 24.3 Å². The SMILES string of the molecule is O=C(O[SiH3])c1cnccn1. The number of aromatic nitrogens is 2. The summed E-state index contributed by atoms with van der Waals surface area (Å²) in [6, 6.07) is 0. The first-order valence-electron chi connectivity index (χ1n) is 2.69. The fraction of sp³-hybridized carbons (Fsp3) is 0. The zero-order valence-corrected chi connectivity index (χ0v) is 7.44. The van der Waals surface area contributed by atoms with Crippen LogP contribution in [0.15, 0.2) is 18.6 Å². The van der Waals surface area contributed by atoms with Crippen LogP contribution in [0.1, 0.15) is 10.5 Å². The summed E-state index contributed by atoms with van der Waals surface area (Å²) in [6.07, 6.45) is 4.33. The van der Waals surface area contributed by atoms with Gasteiger partial charge in [-0.05, 0) is 0 Å². The Labute approximate surface area is 60.8 Å². The third-order valence-corrected chi connectivity index (χ3v) is 1.33. The number of rotatable bonds is 1. The maximum absolute atomic E-state index is 10.7. The summed E-state index contributed by atoms with van der Waals surface area (Å²) in [7, 11) is 0.390. The third kappa shape index (κ3) is 1.38. The van der Waals surface area contributed by atoms with Gasteiger partial charge in [0.1, 0.15) is 0 Å². The summed E-state index contributed by atoms with van der Waals surface area (Å²) in [4.78, 5) is 18.2. The van der Waals surface area contributed by atoms with Crippen LogP contribution in [0.25, 0.3) is 0 Å². The van der Waals surface area contributed by atoms with Gasteiger partial charge in [0.2, 0.25) is 10.5 Å². The van der Waals surface area contributed by atoms with Gasteiger partial charge in [-0.1, -0.05) is 0 Å². The van der Waals surface area contributed by atoms with Crippen LogP contribution in [0.5, 0.6) is 0 Å². The van der Waals surface area contributed by atoms with E-state index < -0.39 is 5.97 Å². The lowest BCUT2D eigenvalue weighted by atomic mass is 10.5. The Morgan fingerprint density at radius 1 is 1.60 bits per heavy atom. The second kappa shape index (κ2) is 3.07. The molecule has 52 valence electrons. The molecule has 0 unspecified atom stereocenters. The molecule has 0 fully saturated rings. The van der Waals surface area contributed by atoms with E-state index in [9.17, 15) is 4.79 Å². The molecule has 0 radical (unpaired) electrons. The van der Waals surface area contributed by atoms with Gasteiger partial charge in [-0.15, -0.1) is 0 Å². The quantitative estimate of drug-likeness (QED) is 0.482. The molecule has 0 atom stereocenters. The minimum Gasteiger partial charge on any atom is -0.524 e. The van der Waals surface area contributed by atoms with E-state index >= 15 is 0 Å². The van der Waals surface area contributed by atoms with Gasteiger partial charge in [-0.2, -0.15) is 0 Å². The summed E-state index contributed by atoms with van der Waals surface area (Å²) >= 11 is 0. The molecule has 1 aromatic heterocycles. The summed E-state index contributed by atoms with van der Waals surface area (Å²) < 4.78 is 4.53. The summed E-state index contributed by atoms with van der Waals surface area (Å²) in [5.74, 6) is -0.403. The fourth-order valence-corrected chi connectivity index (χ4v) is 0.718. The molecule has 5 heteroatoms. The minimum absolute atomic E-state index is 0.262. The summed E-state index contributed by atoms with van der Waals surface area (Å²) in [5.41, 5.74) is 0.262. The molecule has 0 bridgehead atoms. The predicted octanol–water partition coefficient (Wildman–Crippen LogP) is -1.09. The van der Waals surface area contributed by atoms with Gasteiger partial charge in [-0.25, -0.2) is 9.78 Å². The molecule has 0 amide bonds. The van der Waals surface area contributed by atoms with Crippen molar-refractivity contribution >= 4 is 16.5 Å². The van der Waals surface area contributed by atoms with Crippen LogP contribution in [0, 0.1) is 0 Å². The zero-order valence-electron chi connectivity index (χ0n) is 5.44. The lowest BCUT2D eigenvalue weighted by molar-refractivity contribution is 0.0743. The van der Waals surface area contributed by atoms with Crippen LogP contribution < -0.4 is 0 Å². The Kier molecular flexibility index (Phi) is 2.11. The first-order valence-corrected chi connectivity index (χ1v) is 3.50. The van der Waals surface area contributed by atoms with Crippen LogP contribution in [0.4, 0.5) is 0 Å². The van der Waals surface area contributed by atoms with E-state index in [1.54, 1.807) is 0 Å². The molecular formula is C5H6N2O2Si. The molecule has 1 heterocycles. The highest BCUT2D eigenvalue weighted by Gasteiger charge is 2.03. The molecule has 0 saturated carbocycles. The van der Waals surface area contributed by atoms with Crippen LogP contribution >= 0.6 is 0 Å². The van der Waals surface area contributed by atoms with Crippen LogP contribution in [0.2, 0.25) is 0 Å². The van der Waals surface area contributed by atoms with Crippen LogP contribution in [0.3, 0.4) is 0 Å². The topological polar surface area (TPSA) is 52.1 Å². The van der Waals surface area contributed by atoms with Gasteiger partial charge in [0.05, 0.1) is 6.20 Å². The maximum atomic E-state index is 10.7. The normalized spacial score (nSPS) is 9.20. The van der Waals surface area contributed by atoms with Crippen molar-refractivity contribution in [1.82, 2.24) is 9.97 Å². The largest absolute Gasteiger partial charge is 0.524 e. The number of nitrogens with zero attached hydrogens (tertiary/aromatic N) is 2. The third-order valence-electron chi connectivity index (χ3n) is 0.958. The average molecular weight is 154 g/mol. The molecule has 1 aromatic rings. The van der Waals surface area contributed by atoms with E-state index in [0.29, 0.717) is 10.5 Å². The highest BCUT2D eigenvalue weighted by Crippen LogP contribution is 1.90. The van der Waals surface area contributed by atoms with E-state index in [1.165, 1.54) is 18.6 Å². The lowest BCUT2D eigenvalue weighted by Gasteiger charge is -1.94. The molecule has 0 aromatic carbocycles. The van der Waals surface area contributed by atoms with Gasteiger partial charge >= 0.3 is 5.97 Å². The lowest BCUT2D eigenvalue weighted by Crippen LogP contribution is -2.04. The van der Waals surface area contributed by atoms with E-state index in [0.717, 1.165) is 0 Å². The van der Waals surface area contributed by atoms with Gasteiger partial charge in [0.15, 0.2) is 5.69 Å².